The van der Waals surface area contributed by atoms with Gasteiger partial charge in [-0.3, -0.25) is 0 Å². The fraction of sp³-hybridized carbons (Fsp3) is 0.222. The monoisotopic (exact) mass is 162 g/mol. The van der Waals surface area contributed by atoms with Crippen LogP contribution in [0.15, 0.2) is 31.0 Å². The van der Waals surface area contributed by atoms with Crippen LogP contribution < -0.4 is 0 Å². The molecule has 3 nitrogen and oxygen atoms in total. The molecule has 0 aromatic carbocycles. The molecule has 2 rings (SSSR count). The summed E-state index contributed by atoms with van der Waals surface area (Å²) in [5, 5.41) is 0. The van der Waals surface area contributed by atoms with Crippen LogP contribution >= 0.6 is 0 Å². The molecule has 1 N–H and O–H groups in total. The van der Waals surface area contributed by atoms with E-state index in [9.17, 15) is 0 Å². The highest BCUT2D eigenvalue weighted by atomic mass is 16.5. The van der Waals surface area contributed by atoms with E-state index < -0.39 is 0 Å². The lowest BCUT2D eigenvalue weighted by atomic mass is 10.2. The molecule has 0 bridgehead atoms. The lowest BCUT2D eigenvalue weighted by Crippen LogP contribution is -1.89. The molecule has 1 aromatic rings. The molecule has 0 fully saturated rings. The number of rotatable bonds is 0. The van der Waals surface area contributed by atoms with E-state index in [1.165, 1.54) is 5.69 Å². The quantitative estimate of drug-likeness (QED) is 0.628. The number of imidazole rings is 1. The van der Waals surface area contributed by atoms with Gasteiger partial charge in [-0.1, -0.05) is 0 Å². The van der Waals surface area contributed by atoms with Crippen LogP contribution in [-0.4, -0.2) is 9.97 Å². The van der Waals surface area contributed by atoms with Crippen LogP contribution in [0, 0.1) is 0 Å². The van der Waals surface area contributed by atoms with Crippen LogP contribution in [0.1, 0.15) is 11.4 Å². The van der Waals surface area contributed by atoms with Crippen LogP contribution in [0.5, 0.6) is 0 Å². The topological polar surface area (TPSA) is 37.9 Å². The predicted octanol–water partition coefficient (Wildman–Crippen LogP) is 1.55. The van der Waals surface area contributed by atoms with Gasteiger partial charge in [0.2, 0.25) is 0 Å². The molecule has 0 saturated heterocycles. The highest BCUT2D eigenvalue weighted by Crippen LogP contribution is 2.07. The van der Waals surface area contributed by atoms with Crippen molar-refractivity contribution in [2.75, 3.05) is 0 Å². The molecule has 0 aliphatic carbocycles. The van der Waals surface area contributed by atoms with Gasteiger partial charge in [-0.2, -0.15) is 0 Å². The van der Waals surface area contributed by atoms with Crippen molar-refractivity contribution in [3.05, 3.63) is 42.4 Å². The molecule has 12 heavy (non-hydrogen) atoms. The third-order valence-corrected chi connectivity index (χ3v) is 1.79. The summed E-state index contributed by atoms with van der Waals surface area (Å²) >= 11 is 0. The van der Waals surface area contributed by atoms with Crippen molar-refractivity contribution >= 4 is 0 Å². The van der Waals surface area contributed by atoms with Gasteiger partial charge >= 0.3 is 0 Å². The maximum atomic E-state index is 5.05. The first-order valence-electron chi connectivity index (χ1n) is 3.93. The van der Waals surface area contributed by atoms with E-state index in [1.54, 1.807) is 18.9 Å². The number of aromatic amines is 1. The Morgan fingerprint density at radius 1 is 1.25 bits per heavy atom. The highest BCUT2D eigenvalue weighted by Gasteiger charge is 2.02. The van der Waals surface area contributed by atoms with Crippen molar-refractivity contribution in [3.63, 3.8) is 0 Å². The van der Waals surface area contributed by atoms with E-state index >= 15 is 0 Å². The summed E-state index contributed by atoms with van der Waals surface area (Å²) in [6.45, 7) is 0. The summed E-state index contributed by atoms with van der Waals surface area (Å²) in [7, 11) is 0. The Bertz CT molecular complexity index is 284. The van der Waals surface area contributed by atoms with Crippen molar-refractivity contribution in [2.45, 2.75) is 12.8 Å². The number of H-pyrrole nitrogens is 1. The molecule has 0 spiro atoms. The zero-order valence-corrected chi connectivity index (χ0v) is 6.66. The number of nitrogens with one attached hydrogen (secondary N) is 1. The Morgan fingerprint density at radius 2 is 2.08 bits per heavy atom. The van der Waals surface area contributed by atoms with E-state index in [4.69, 9.17) is 4.74 Å². The zero-order chi connectivity index (χ0) is 8.23. The smallest absolute Gasteiger partial charge is 0.0925 e. The summed E-state index contributed by atoms with van der Waals surface area (Å²) in [4.78, 5) is 7.31. The maximum absolute atomic E-state index is 5.05. The Kier molecular flexibility index (Phi) is 1.94. The Labute approximate surface area is 70.8 Å². The number of allylic oxidation sites excluding steroid dienone is 2. The molecular weight excluding hydrogens is 152 g/mol. The molecule has 62 valence electrons. The first-order chi connectivity index (χ1) is 5.97. The maximum Gasteiger partial charge on any atom is 0.0925 e. The normalized spacial score (nSPS) is 21.0. The molecule has 0 saturated carbocycles. The van der Waals surface area contributed by atoms with Crippen molar-refractivity contribution in [1.82, 2.24) is 9.97 Å². The van der Waals surface area contributed by atoms with E-state index in [0.29, 0.717) is 0 Å². The largest absolute Gasteiger partial charge is 0.473 e. The van der Waals surface area contributed by atoms with Crippen LogP contribution in [0.25, 0.3) is 0 Å². The zero-order valence-electron chi connectivity index (χ0n) is 6.66. The minimum atomic E-state index is 0.834. The minimum absolute atomic E-state index is 0.834. The predicted molar refractivity (Wildman–Crippen MR) is 45.4 cm³/mol. The summed E-state index contributed by atoms with van der Waals surface area (Å²) in [5.41, 5.74) is 2.27. The average molecular weight is 162 g/mol. The van der Waals surface area contributed by atoms with Crippen LogP contribution in [0.4, 0.5) is 0 Å². The number of nitrogens with zero attached hydrogens (tertiary/aromatic N) is 1. The lowest BCUT2D eigenvalue weighted by molar-refractivity contribution is 0.400. The van der Waals surface area contributed by atoms with Gasteiger partial charge in [0.1, 0.15) is 0 Å². The van der Waals surface area contributed by atoms with Crippen molar-refractivity contribution < 1.29 is 4.74 Å². The second-order valence-electron chi connectivity index (χ2n) is 2.62. The summed E-state index contributed by atoms with van der Waals surface area (Å²) in [6.07, 6.45) is 10.7. The average Bonchev–Trinajstić information content (AvgIpc) is 2.50. The number of hydrogen-bond acceptors (Lipinski definition) is 2. The fourth-order valence-electron chi connectivity index (χ4n) is 1.18. The lowest BCUT2D eigenvalue weighted by Gasteiger charge is -1.93. The molecule has 2 heterocycles. The van der Waals surface area contributed by atoms with Crippen LogP contribution in [0.2, 0.25) is 0 Å². The van der Waals surface area contributed by atoms with Gasteiger partial charge in [-0.25, -0.2) is 4.98 Å². The van der Waals surface area contributed by atoms with Crippen molar-refractivity contribution in [3.8, 4) is 0 Å². The fourth-order valence-corrected chi connectivity index (χ4v) is 1.18. The first kappa shape index (κ1) is 7.16. The SMILES string of the molecule is C1=C\O/C=C\Cc2[nH]cnc2C/1. The number of hydrogen-bond donors (Lipinski definition) is 1. The van der Waals surface area contributed by atoms with E-state index in [2.05, 4.69) is 9.97 Å². The molecule has 1 aliphatic heterocycles. The molecule has 1 aliphatic rings. The molecule has 1 aromatic heterocycles. The van der Waals surface area contributed by atoms with Crippen molar-refractivity contribution in [2.24, 2.45) is 0 Å². The van der Waals surface area contributed by atoms with Gasteiger partial charge in [0.25, 0.3) is 0 Å². The third kappa shape index (κ3) is 1.39. The molecule has 0 amide bonds. The third-order valence-electron chi connectivity index (χ3n) is 1.79. The van der Waals surface area contributed by atoms with E-state index in [0.717, 1.165) is 18.5 Å². The van der Waals surface area contributed by atoms with Gasteiger partial charge in [-0.15, -0.1) is 0 Å². The molecular formula is C9H10N2O. The van der Waals surface area contributed by atoms with Crippen LogP contribution in [-0.2, 0) is 17.6 Å². The van der Waals surface area contributed by atoms with Gasteiger partial charge in [-0.05, 0) is 12.2 Å². The highest BCUT2D eigenvalue weighted by molar-refractivity contribution is 5.17. The number of aromatic nitrogens is 2. The standard InChI is InChI=1S/C9H10N2O/c1-3-8-9(11-7-10-8)4-2-6-12-5-1/h1-2,5-7H,3-4H2,(H,10,11)/b5-1-,6-2-. The molecule has 0 atom stereocenters. The Hall–Kier alpha value is -1.51. The van der Waals surface area contributed by atoms with E-state index in [-0.39, 0.29) is 0 Å². The second-order valence-corrected chi connectivity index (χ2v) is 2.62. The number of ether oxygens (including phenoxy) is 1. The van der Waals surface area contributed by atoms with Gasteiger partial charge in [0.15, 0.2) is 0 Å². The minimum Gasteiger partial charge on any atom is -0.473 e. The molecule has 3 heteroatoms. The molecule has 0 unspecified atom stereocenters. The van der Waals surface area contributed by atoms with Crippen LogP contribution in [0.3, 0.4) is 0 Å². The van der Waals surface area contributed by atoms with Gasteiger partial charge in [0, 0.05) is 18.5 Å². The first-order valence-corrected chi connectivity index (χ1v) is 3.93. The van der Waals surface area contributed by atoms with Gasteiger partial charge < -0.3 is 9.72 Å². The Balaban J connectivity index is 2.28. The number of fused-ring (bicyclic) bond motifs is 1. The molecule has 0 radical (unpaired) electrons. The summed E-state index contributed by atoms with van der Waals surface area (Å²) in [6, 6.07) is 0. The van der Waals surface area contributed by atoms with Gasteiger partial charge in [0.05, 0.1) is 24.5 Å². The second kappa shape index (κ2) is 3.26. The Morgan fingerprint density at radius 3 is 3.00 bits per heavy atom. The van der Waals surface area contributed by atoms with E-state index in [1.807, 2.05) is 12.2 Å². The summed E-state index contributed by atoms with van der Waals surface area (Å²) < 4.78 is 5.05. The van der Waals surface area contributed by atoms with Crippen molar-refractivity contribution in [1.29, 1.82) is 0 Å². The summed E-state index contributed by atoms with van der Waals surface area (Å²) in [5.74, 6) is 0.